The smallest absolute Gasteiger partial charge is 0.217 e. The Morgan fingerprint density at radius 2 is 0.902 bits per heavy atom. The van der Waals surface area contributed by atoms with Gasteiger partial charge in [-0.3, -0.25) is 0 Å². The van der Waals surface area contributed by atoms with E-state index in [1.165, 1.54) is 0 Å². The van der Waals surface area contributed by atoms with Crippen molar-refractivity contribution in [1.29, 1.82) is 0 Å². The molecule has 0 saturated heterocycles. The fourth-order valence-corrected chi connectivity index (χ4v) is 3.53. The Kier molecular flexibility index (Phi) is 21.5. The summed E-state index contributed by atoms with van der Waals surface area (Å²) >= 11 is 0. The lowest BCUT2D eigenvalue weighted by molar-refractivity contribution is -0.0337. The molecule has 0 bridgehead atoms. The second-order valence-electron chi connectivity index (χ2n) is 9.06. The highest BCUT2D eigenvalue weighted by molar-refractivity contribution is 5.95. The summed E-state index contributed by atoms with van der Waals surface area (Å²) in [6.45, 7) is 9.25. The molecular formula is C29H49NO11. The van der Waals surface area contributed by atoms with Gasteiger partial charge in [-0.25, -0.2) is 4.99 Å². The normalized spacial score (nSPS) is 14.3. The predicted octanol–water partition coefficient (Wildman–Crippen LogP) is 1.63. The summed E-state index contributed by atoms with van der Waals surface area (Å²) < 4.78 is 60.5. The summed E-state index contributed by atoms with van der Waals surface area (Å²) in [5.74, 6) is 0.594. The van der Waals surface area contributed by atoms with Gasteiger partial charge >= 0.3 is 0 Å². The minimum Gasteiger partial charge on any atom is -0.475 e. The van der Waals surface area contributed by atoms with Gasteiger partial charge in [0.1, 0.15) is 12.1 Å². The average Bonchev–Trinajstić information content (AvgIpc) is 3.42. The molecule has 12 heteroatoms. The Morgan fingerprint density at radius 3 is 1.29 bits per heavy atom. The number of aliphatic imine (C=N–C) groups is 1. The number of rotatable bonds is 29. The van der Waals surface area contributed by atoms with Crippen LogP contribution in [0.3, 0.4) is 0 Å². The van der Waals surface area contributed by atoms with Crippen molar-refractivity contribution in [2.45, 2.75) is 5.54 Å². The molecule has 0 radical (unpaired) electrons. The SMILES string of the molecule is COCCOCCOCCOCCOCC1(COCCOCCOCCOCCOC)COC(c2ccccc2)=N1. The van der Waals surface area contributed by atoms with Crippen molar-refractivity contribution in [1.82, 2.24) is 0 Å². The van der Waals surface area contributed by atoms with E-state index in [2.05, 4.69) is 0 Å². The zero-order valence-electron chi connectivity index (χ0n) is 24.8. The molecule has 1 heterocycles. The predicted molar refractivity (Wildman–Crippen MR) is 152 cm³/mol. The summed E-state index contributed by atoms with van der Waals surface area (Å²) in [5, 5.41) is 0. The van der Waals surface area contributed by atoms with Crippen molar-refractivity contribution >= 4 is 5.90 Å². The lowest BCUT2D eigenvalue weighted by Gasteiger charge is -2.23. The summed E-state index contributed by atoms with van der Waals surface area (Å²) in [4.78, 5) is 4.86. The molecule has 1 aliphatic rings. The molecule has 41 heavy (non-hydrogen) atoms. The van der Waals surface area contributed by atoms with Gasteiger partial charge in [0.2, 0.25) is 5.90 Å². The van der Waals surface area contributed by atoms with Crippen molar-refractivity contribution in [2.24, 2.45) is 4.99 Å². The zero-order valence-corrected chi connectivity index (χ0v) is 24.8. The number of hydrogen-bond acceptors (Lipinski definition) is 12. The lowest BCUT2D eigenvalue weighted by Crippen LogP contribution is -2.40. The number of nitrogens with zero attached hydrogens (tertiary/aromatic N) is 1. The van der Waals surface area contributed by atoms with E-state index in [1.54, 1.807) is 14.2 Å². The van der Waals surface area contributed by atoms with Gasteiger partial charge in [0.15, 0.2) is 0 Å². The summed E-state index contributed by atoms with van der Waals surface area (Å²) in [6, 6.07) is 9.82. The fraction of sp³-hybridized carbons (Fsp3) is 0.759. The molecule has 2 rings (SSSR count). The van der Waals surface area contributed by atoms with Crippen LogP contribution in [0, 0.1) is 0 Å². The van der Waals surface area contributed by atoms with Crippen LogP contribution in [0.4, 0.5) is 0 Å². The molecule has 0 spiro atoms. The molecule has 0 fully saturated rings. The van der Waals surface area contributed by atoms with Crippen molar-refractivity contribution in [3.05, 3.63) is 35.9 Å². The summed E-state index contributed by atoms with van der Waals surface area (Å²) in [5.41, 5.74) is 0.289. The van der Waals surface area contributed by atoms with E-state index in [4.69, 9.17) is 57.1 Å². The van der Waals surface area contributed by atoms with Gasteiger partial charge in [-0.05, 0) is 12.1 Å². The van der Waals surface area contributed by atoms with Crippen LogP contribution >= 0.6 is 0 Å². The first-order chi connectivity index (χ1) is 20.3. The van der Waals surface area contributed by atoms with Crippen LogP contribution in [-0.4, -0.2) is 151 Å². The molecular weight excluding hydrogens is 538 g/mol. The number of methoxy groups -OCH3 is 2. The van der Waals surface area contributed by atoms with Crippen molar-refractivity contribution < 1.29 is 52.1 Å². The van der Waals surface area contributed by atoms with Crippen LogP contribution in [0.2, 0.25) is 0 Å². The molecule has 0 amide bonds. The molecule has 0 atom stereocenters. The van der Waals surface area contributed by atoms with E-state index in [1.807, 2.05) is 30.3 Å². The summed E-state index contributed by atoms with van der Waals surface area (Å²) in [7, 11) is 3.29. The van der Waals surface area contributed by atoms with E-state index >= 15 is 0 Å². The van der Waals surface area contributed by atoms with E-state index in [9.17, 15) is 0 Å². The highest BCUT2D eigenvalue weighted by atomic mass is 16.6. The van der Waals surface area contributed by atoms with Gasteiger partial charge in [0.25, 0.3) is 0 Å². The second-order valence-corrected chi connectivity index (χ2v) is 9.06. The van der Waals surface area contributed by atoms with E-state index in [0.717, 1.165) is 5.56 Å². The van der Waals surface area contributed by atoms with E-state index in [-0.39, 0.29) is 0 Å². The minimum atomic E-state index is -0.636. The first kappa shape index (κ1) is 35.5. The highest BCUT2D eigenvalue weighted by Crippen LogP contribution is 2.23. The Bertz CT molecular complexity index is 724. The molecule has 1 aromatic carbocycles. The molecule has 1 aromatic rings. The Hall–Kier alpha value is -1.71. The summed E-state index contributed by atoms with van der Waals surface area (Å²) in [6.07, 6.45) is 0. The maximum absolute atomic E-state index is 5.94. The maximum Gasteiger partial charge on any atom is 0.217 e. The van der Waals surface area contributed by atoms with Crippen LogP contribution in [0.5, 0.6) is 0 Å². The van der Waals surface area contributed by atoms with Crippen LogP contribution in [0.15, 0.2) is 35.3 Å². The van der Waals surface area contributed by atoms with Crippen LogP contribution in [0.1, 0.15) is 5.56 Å². The Balaban J connectivity index is 1.59. The average molecular weight is 588 g/mol. The van der Waals surface area contributed by atoms with Crippen molar-refractivity contribution in [3.63, 3.8) is 0 Å². The zero-order chi connectivity index (χ0) is 29.1. The topological polar surface area (TPSA) is 114 Å². The molecule has 0 unspecified atom stereocenters. The molecule has 1 aliphatic heterocycles. The maximum atomic E-state index is 5.94. The lowest BCUT2D eigenvalue weighted by atomic mass is 10.1. The number of benzene rings is 1. The first-order valence-electron chi connectivity index (χ1n) is 14.2. The van der Waals surface area contributed by atoms with E-state index in [0.29, 0.717) is 131 Å². The number of hydrogen-bond donors (Lipinski definition) is 0. The molecule has 0 saturated carbocycles. The molecule has 12 nitrogen and oxygen atoms in total. The molecule has 0 aliphatic carbocycles. The monoisotopic (exact) mass is 587 g/mol. The van der Waals surface area contributed by atoms with Gasteiger partial charge < -0.3 is 52.1 Å². The van der Waals surface area contributed by atoms with E-state index < -0.39 is 5.54 Å². The highest BCUT2D eigenvalue weighted by Gasteiger charge is 2.38. The minimum absolute atomic E-state index is 0.350. The first-order valence-corrected chi connectivity index (χ1v) is 14.2. The van der Waals surface area contributed by atoms with Crippen LogP contribution in [0.25, 0.3) is 0 Å². The molecule has 0 N–H and O–H groups in total. The quantitative estimate of drug-likeness (QED) is 0.127. The number of ether oxygens (including phenoxy) is 11. The standard InChI is InChI=1S/C29H49NO11/c1-31-8-10-33-12-14-35-16-18-37-20-22-39-24-29(26-41-28(30-29)27-6-4-3-5-7-27)25-40-23-21-38-19-17-36-15-13-34-11-9-32-2/h3-7H,8-26H2,1-2H3. The van der Waals surface area contributed by atoms with Crippen LogP contribution in [-0.2, 0) is 52.1 Å². The Labute approximate surface area is 244 Å². The van der Waals surface area contributed by atoms with Crippen molar-refractivity contribution in [3.8, 4) is 0 Å². The van der Waals surface area contributed by atoms with Crippen molar-refractivity contribution in [2.75, 3.05) is 140 Å². The molecule has 0 aromatic heterocycles. The van der Waals surface area contributed by atoms with Gasteiger partial charge in [0.05, 0.1) is 119 Å². The fourth-order valence-electron chi connectivity index (χ4n) is 3.53. The van der Waals surface area contributed by atoms with Gasteiger partial charge in [-0.15, -0.1) is 0 Å². The Morgan fingerprint density at radius 1 is 0.537 bits per heavy atom. The molecule has 236 valence electrons. The third kappa shape index (κ3) is 17.8. The third-order valence-corrected chi connectivity index (χ3v) is 5.67. The largest absolute Gasteiger partial charge is 0.475 e. The van der Waals surface area contributed by atoms with Gasteiger partial charge in [-0.1, -0.05) is 18.2 Å². The van der Waals surface area contributed by atoms with Gasteiger partial charge in [0, 0.05) is 19.8 Å². The van der Waals surface area contributed by atoms with Gasteiger partial charge in [-0.2, -0.15) is 0 Å². The second kappa shape index (κ2) is 24.8. The van der Waals surface area contributed by atoms with Crippen LogP contribution < -0.4 is 0 Å². The third-order valence-electron chi connectivity index (χ3n) is 5.67.